The Hall–Kier alpha value is -3.55. The zero-order valence-corrected chi connectivity index (χ0v) is 15.2. The van der Waals surface area contributed by atoms with Crippen molar-refractivity contribution in [1.29, 1.82) is 0 Å². The highest BCUT2D eigenvalue weighted by atomic mass is 16.5. The van der Waals surface area contributed by atoms with Crippen molar-refractivity contribution in [2.75, 3.05) is 33.2 Å². The second-order valence-corrected chi connectivity index (χ2v) is 5.35. The number of amides is 2. The largest absolute Gasteiger partial charge is 0.497 e. The normalized spacial score (nSPS) is 9.89. The highest BCUT2D eigenvalue weighted by Gasteiger charge is 2.17. The molecule has 2 aromatic rings. The molecule has 0 aliphatic carbocycles. The van der Waals surface area contributed by atoms with Crippen LogP contribution in [-0.2, 0) is 9.53 Å². The molecule has 2 aromatic carbocycles. The van der Waals surface area contributed by atoms with E-state index in [0.29, 0.717) is 22.7 Å². The monoisotopic (exact) mass is 372 g/mol. The topological polar surface area (TPSA) is 103 Å². The summed E-state index contributed by atoms with van der Waals surface area (Å²) in [6.07, 6.45) is 0. The van der Waals surface area contributed by atoms with Gasteiger partial charge in [-0.3, -0.25) is 9.59 Å². The maximum Gasteiger partial charge on any atom is 0.342 e. The molecule has 0 unspecified atom stereocenters. The first-order valence-electron chi connectivity index (χ1n) is 7.99. The third-order valence-electron chi connectivity index (χ3n) is 3.60. The van der Waals surface area contributed by atoms with E-state index in [1.165, 1.54) is 33.4 Å². The number of hydrogen-bond acceptors (Lipinski definition) is 6. The Labute approximate surface area is 156 Å². The minimum atomic E-state index is -0.722. The predicted octanol–water partition coefficient (Wildman–Crippen LogP) is 1.86. The number of anilines is 1. The fraction of sp³-hybridized carbons (Fsp3) is 0.211. The standard InChI is InChI=1S/C19H20N2O6/c1-20-18(23)12-5-4-6-13(9-12)21-17(22)11-27-19(24)15-10-14(25-2)7-8-16(15)26-3/h4-10H,11H2,1-3H3,(H,20,23)(H,21,22). The van der Waals surface area contributed by atoms with Crippen molar-refractivity contribution in [2.45, 2.75) is 0 Å². The summed E-state index contributed by atoms with van der Waals surface area (Å²) in [6, 6.07) is 11.1. The lowest BCUT2D eigenvalue weighted by molar-refractivity contribution is -0.119. The van der Waals surface area contributed by atoms with Crippen LogP contribution in [0.25, 0.3) is 0 Å². The van der Waals surface area contributed by atoms with Crippen LogP contribution in [0.2, 0.25) is 0 Å². The van der Waals surface area contributed by atoms with Crippen LogP contribution in [0.4, 0.5) is 5.69 Å². The van der Waals surface area contributed by atoms with Crippen LogP contribution in [0, 0.1) is 0 Å². The highest BCUT2D eigenvalue weighted by molar-refractivity contribution is 5.99. The van der Waals surface area contributed by atoms with Gasteiger partial charge < -0.3 is 24.8 Å². The van der Waals surface area contributed by atoms with Crippen molar-refractivity contribution in [3.8, 4) is 11.5 Å². The Morgan fingerprint density at radius 1 is 1.00 bits per heavy atom. The van der Waals surface area contributed by atoms with Crippen molar-refractivity contribution in [3.63, 3.8) is 0 Å². The molecule has 0 aromatic heterocycles. The quantitative estimate of drug-likeness (QED) is 0.719. The van der Waals surface area contributed by atoms with Gasteiger partial charge in [-0.15, -0.1) is 0 Å². The summed E-state index contributed by atoms with van der Waals surface area (Å²) in [7, 11) is 4.40. The maximum atomic E-state index is 12.2. The summed E-state index contributed by atoms with van der Waals surface area (Å²) in [5.41, 5.74) is 0.954. The summed E-state index contributed by atoms with van der Waals surface area (Å²) < 4.78 is 15.2. The Bertz CT molecular complexity index is 850. The first-order valence-corrected chi connectivity index (χ1v) is 7.99. The van der Waals surface area contributed by atoms with E-state index >= 15 is 0 Å². The molecule has 0 bridgehead atoms. The van der Waals surface area contributed by atoms with Crippen LogP contribution in [0.3, 0.4) is 0 Å². The number of esters is 1. The van der Waals surface area contributed by atoms with Crippen LogP contribution in [-0.4, -0.2) is 45.7 Å². The number of rotatable bonds is 7. The number of carbonyl (C=O) groups is 3. The van der Waals surface area contributed by atoms with Crippen LogP contribution in [0.5, 0.6) is 11.5 Å². The minimum absolute atomic E-state index is 0.145. The van der Waals surface area contributed by atoms with E-state index in [-0.39, 0.29) is 11.5 Å². The molecular weight excluding hydrogens is 352 g/mol. The summed E-state index contributed by atoms with van der Waals surface area (Å²) in [5.74, 6) is -0.778. The highest BCUT2D eigenvalue weighted by Crippen LogP contribution is 2.24. The van der Waals surface area contributed by atoms with Gasteiger partial charge in [0.05, 0.1) is 14.2 Å². The molecule has 0 aliphatic rings. The van der Waals surface area contributed by atoms with Gasteiger partial charge in [-0.25, -0.2) is 4.79 Å². The Morgan fingerprint density at radius 2 is 1.78 bits per heavy atom. The van der Waals surface area contributed by atoms with Crippen molar-refractivity contribution < 1.29 is 28.6 Å². The first-order chi connectivity index (χ1) is 13.0. The van der Waals surface area contributed by atoms with Gasteiger partial charge >= 0.3 is 5.97 Å². The van der Waals surface area contributed by atoms with Gasteiger partial charge in [0.2, 0.25) is 0 Å². The molecule has 2 N–H and O–H groups in total. The third kappa shape index (κ3) is 5.21. The third-order valence-corrected chi connectivity index (χ3v) is 3.60. The van der Waals surface area contributed by atoms with Crippen LogP contribution in [0.1, 0.15) is 20.7 Å². The summed E-state index contributed by atoms with van der Waals surface area (Å²) >= 11 is 0. The SMILES string of the molecule is CNC(=O)c1cccc(NC(=O)COC(=O)c2cc(OC)ccc2OC)c1. The van der Waals surface area contributed by atoms with Crippen molar-refractivity contribution in [2.24, 2.45) is 0 Å². The number of ether oxygens (including phenoxy) is 3. The molecular formula is C19H20N2O6. The van der Waals surface area contributed by atoms with Gasteiger partial charge in [0.25, 0.3) is 11.8 Å². The molecule has 2 amide bonds. The second kappa shape index (κ2) is 9.23. The van der Waals surface area contributed by atoms with Crippen LogP contribution < -0.4 is 20.1 Å². The molecule has 0 saturated carbocycles. The molecule has 0 heterocycles. The molecule has 0 aliphatic heterocycles. The molecule has 8 heteroatoms. The Morgan fingerprint density at radius 3 is 2.44 bits per heavy atom. The number of hydrogen-bond donors (Lipinski definition) is 2. The maximum absolute atomic E-state index is 12.2. The van der Waals surface area contributed by atoms with Crippen LogP contribution >= 0.6 is 0 Å². The zero-order valence-electron chi connectivity index (χ0n) is 15.2. The van der Waals surface area contributed by atoms with Gasteiger partial charge in [-0.05, 0) is 36.4 Å². The first kappa shape index (κ1) is 19.8. The van der Waals surface area contributed by atoms with E-state index in [9.17, 15) is 14.4 Å². The van der Waals surface area contributed by atoms with Gasteiger partial charge in [-0.1, -0.05) is 6.07 Å². The minimum Gasteiger partial charge on any atom is -0.497 e. The average Bonchev–Trinajstić information content (AvgIpc) is 2.70. The number of methoxy groups -OCH3 is 2. The smallest absolute Gasteiger partial charge is 0.342 e. The predicted molar refractivity (Wildman–Crippen MR) is 98.3 cm³/mol. The van der Waals surface area contributed by atoms with Gasteiger partial charge in [0.1, 0.15) is 17.1 Å². The van der Waals surface area contributed by atoms with Gasteiger partial charge in [-0.2, -0.15) is 0 Å². The average molecular weight is 372 g/mol. The van der Waals surface area contributed by atoms with E-state index < -0.39 is 18.5 Å². The Kier molecular flexibility index (Phi) is 6.76. The van der Waals surface area contributed by atoms with E-state index in [1.807, 2.05) is 0 Å². The fourth-order valence-electron chi connectivity index (χ4n) is 2.26. The van der Waals surface area contributed by atoms with E-state index in [1.54, 1.807) is 30.3 Å². The fourth-order valence-corrected chi connectivity index (χ4v) is 2.26. The molecule has 8 nitrogen and oxygen atoms in total. The Balaban J connectivity index is 2.00. The lowest BCUT2D eigenvalue weighted by Crippen LogP contribution is -2.22. The number of carbonyl (C=O) groups excluding carboxylic acids is 3. The molecule has 0 radical (unpaired) electrons. The number of benzene rings is 2. The van der Waals surface area contributed by atoms with Crippen molar-refractivity contribution in [1.82, 2.24) is 5.32 Å². The summed E-state index contributed by atoms with van der Waals surface area (Å²) in [4.78, 5) is 35.9. The lowest BCUT2D eigenvalue weighted by atomic mass is 10.2. The van der Waals surface area contributed by atoms with Gasteiger partial charge in [0, 0.05) is 18.3 Å². The van der Waals surface area contributed by atoms with Gasteiger partial charge in [0.15, 0.2) is 6.61 Å². The van der Waals surface area contributed by atoms with E-state index in [0.717, 1.165) is 0 Å². The molecule has 0 atom stereocenters. The summed E-state index contributed by atoms with van der Waals surface area (Å²) in [5, 5.41) is 5.06. The molecule has 0 saturated heterocycles. The second-order valence-electron chi connectivity index (χ2n) is 5.35. The summed E-state index contributed by atoms with van der Waals surface area (Å²) in [6.45, 7) is -0.497. The van der Waals surface area contributed by atoms with E-state index in [2.05, 4.69) is 10.6 Å². The molecule has 0 spiro atoms. The van der Waals surface area contributed by atoms with Crippen molar-refractivity contribution in [3.05, 3.63) is 53.6 Å². The van der Waals surface area contributed by atoms with Crippen molar-refractivity contribution >= 4 is 23.5 Å². The zero-order chi connectivity index (χ0) is 19.8. The molecule has 2 rings (SSSR count). The molecule has 0 fully saturated rings. The molecule has 27 heavy (non-hydrogen) atoms. The van der Waals surface area contributed by atoms with E-state index in [4.69, 9.17) is 14.2 Å². The van der Waals surface area contributed by atoms with Crippen LogP contribution in [0.15, 0.2) is 42.5 Å². The molecule has 142 valence electrons. The lowest BCUT2D eigenvalue weighted by Gasteiger charge is -2.11. The number of nitrogens with one attached hydrogen (secondary N) is 2.